The molecule has 0 bridgehead atoms. The summed E-state index contributed by atoms with van der Waals surface area (Å²) in [5.74, 6) is 0.133. The van der Waals surface area contributed by atoms with Crippen LogP contribution in [0.2, 0.25) is 0 Å². The van der Waals surface area contributed by atoms with Crippen LogP contribution in [0.5, 0.6) is 5.75 Å². The maximum Gasteiger partial charge on any atom is 0.260 e. The van der Waals surface area contributed by atoms with Crippen molar-refractivity contribution in [3.05, 3.63) is 66.0 Å². The Morgan fingerprint density at radius 3 is 2.45 bits per heavy atom. The second-order valence-electron chi connectivity index (χ2n) is 4.44. The van der Waals surface area contributed by atoms with Crippen LogP contribution in [0.15, 0.2) is 54.6 Å². The van der Waals surface area contributed by atoms with Gasteiger partial charge in [0.1, 0.15) is 11.6 Å². The summed E-state index contributed by atoms with van der Waals surface area (Å²) in [7, 11) is 1.63. The number of halogens is 1. The van der Waals surface area contributed by atoms with Gasteiger partial charge in [-0.15, -0.1) is 0 Å². The molecule has 0 saturated carbocycles. The summed E-state index contributed by atoms with van der Waals surface area (Å²) in [5, 5.41) is 0. The first kappa shape index (κ1) is 14.1. The predicted molar refractivity (Wildman–Crippen MR) is 74.8 cm³/mol. The van der Waals surface area contributed by atoms with E-state index in [0.717, 1.165) is 0 Å². The average molecular weight is 273 g/mol. The minimum Gasteiger partial charge on any atom is -0.484 e. The van der Waals surface area contributed by atoms with Crippen LogP contribution in [-0.2, 0) is 11.3 Å². The zero-order valence-corrected chi connectivity index (χ0v) is 11.3. The number of amides is 1. The minimum atomic E-state index is -0.309. The first-order chi connectivity index (χ1) is 9.66. The molecule has 0 N–H and O–H groups in total. The van der Waals surface area contributed by atoms with E-state index in [2.05, 4.69) is 0 Å². The summed E-state index contributed by atoms with van der Waals surface area (Å²) < 4.78 is 18.9. The molecule has 2 rings (SSSR count). The number of nitrogens with zero attached hydrogens (tertiary/aromatic N) is 1. The van der Waals surface area contributed by atoms with Crippen LogP contribution in [0.3, 0.4) is 0 Å². The van der Waals surface area contributed by atoms with Crippen LogP contribution >= 0.6 is 0 Å². The smallest absolute Gasteiger partial charge is 0.260 e. The van der Waals surface area contributed by atoms with E-state index < -0.39 is 0 Å². The van der Waals surface area contributed by atoms with Crippen LogP contribution in [0.25, 0.3) is 0 Å². The third-order valence-electron chi connectivity index (χ3n) is 2.90. The number of likely N-dealkylation sites (N-methyl/N-ethyl adjacent to an activating group) is 1. The van der Waals surface area contributed by atoms with E-state index in [-0.39, 0.29) is 24.9 Å². The number of rotatable bonds is 5. The zero-order valence-electron chi connectivity index (χ0n) is 11.3. The van der Waals surface area contributed by atoms with Crippen LogP contribution in [0.1, 0.15) is 5.56 Å². The molecule has 1 amide bonds. The van der Waals surface area contributed by atoms with Gasteiger partial charge in [-0.3, -0.25) is 4.79 Å². The van der Waals surface area contributed by atoms with E-state index in [0.29, 0.717) is 11.3 Å². The molecule has 0 saturated heterocycles. The molecule has 0 fully saturated rings. The van der Waals surface area contributed by atoms with Gasteiger partial charge in [0.2, 0.25) is 0 Å². The molecule has 104 valence electrons. The number of carbonyl (C=O) groups excluding carboxylic acids is 1. The highest BCUT2D eigenvalue weighted by Gasteiger charge is 2.12. The Kier molecular flexibility index (Phi) is 4.71. The van der Waals surface area contributed by atoms with Crippen molar-refractivity contribution in [1.29, 1.82) is 0 Å². The Morgan fingerprint density at radius 1 is 1.10 bits per heavy atom. The van der Waals surface area contributed by atoms with Gasteiger partial charge in [0.05, 0.1) is 0 Å². The minimum absolute atomic E-state index is 0.0605. The molecule has 0 aromatic heterocycles. The number of carbonyl (C=O) groups is 1. The second kappa shape index (κ2) is 6.70. The highest BCUT2D eigenvalue weighted by Crippen LogP contribution is 2.10. The molecule has 3 nitrogen and oxygen atoms in total. The van der Waals surface area contributed by atoms with E-state index in [1.54, 1.807) is 37.4 Å². The monoisotopic (exact) mass is 273 g/mol. The molecule has 0 spiro atoms. The average Bonchev–Trinajstić information content (AvgIpc) is 2.48. The van der Waals surface area contributed by atoms with Gasteiger partial charge in [0.15, 0.2) is 6.61 Å². The fourth-order valence-corrected chi connectivity index (χ4v) is 1.74. The first-order valence-electron chi connectivity index (χ1n) is 6.32. The van der Waals surface area contributed by atoms with Gasteiger partial charge >= 0.3 is 0 Å². The maximum absolute atomic E-state index is 13.5. The van der Waals surface area contributed by atoms with Crippen LogP contribution in [0.4, 0.5) is 4.39 Å². The summed E-state index contributed by atoms with van der Waals surface area (Å²) in [4.78, 5) is 13.4. The predicted octanol–water partition coefficient (Wildman–Crippen LogP) is 2.86. The number of para-hydroxylation sites is 1. The van der Waals surface area contributed by atoms with E-state index >= 15 is 0 Å². The molecule has 0 aliphatic carbocycles. The van der Waals surface area contributed by atoms with E-state index in [1.807, 2.05) is 18.2 Å². The maximum atomic E-state index is 13.5. The van der Waals surface area contributed by atoms with Crippen LogP contribution in [-0.4, -0.2) is 24.5 Å². The molecule has 0 radical (unpaired) electrons. The largest absolute Gasteiger partial charge is 0.484 e. The van der Waals surface area contributed by atoms with E-state index in [1.165, 1.54) is 11.0 Å². The summed E-state index contributed by atoms with van der Waals surface area (Å²) in [6, 6.07) is 15.5. The summed E-state index contributed by atoms with van der Waals surface area (Å²) in [6.07, 6.45) is 0. The first-order valence-corrected chi connectivity index (χ1v) is 6.32. The number of benzene rings is 2. The fraction of sp³-hybridized carbons (Fsp3) is 0.188. The van der Waals surface area contributed by atoms with Gasteiger partial charge in [-0.25, -0.2) is 4.39 Å². The van der Waals surface area contributed by atoms with Gasteiger partial charge in [-0.1, -0.05) is 36.4 Å². The highest BCUT2D eigenvalue weighted by molar-refractivity contribution is 5.77. The Bertz CT molecular complexity index is 572. The summed E-state index contributed by atoms with van der Waals surface area (Å²) >= 11 is 0. The molecule has 0 heterocycles. The molecular formula is C16H16FNO2. The molecule has 20 heavy (non-hydrogen) atoms. The van der Waals surface area contributed by atoms with Crippen molar-refractivity contribution in [2.24, 2.45) is 0 Å². The van der Waals surface area contributed by atoms with E-state index in [9.17, 15) is 9.18 Å². The Labute approximate surface area is 117 Å². The van der Waals surface area contributed by atoms with Gasteiger partial charge in [-0.05, 0) is 18.2 Å². The summed E-state index contributed by atoms with van der Waals surface area (Å²) in [6.45, 7) is 0.165. The van der Waals surface area contributed by atoms with Crippen LogP contribution in [0, 0.1) is 5.82 Å². The Balaban J connectivity index is 1.88. The molecule has 0 aliphatic rings. The van der Waals surface area contributed by atoms with Gasteiger partial charge in [0.25, 0.3) is 5.91 Å². The third kappa shape index (κ3) is 3.82. The van der Waals surface area contributed by atoms with Crippen molar-refractivity contribution in [1.82, 2.24) is 4.90 Å². The topological polar surface area (TPSA) is 29.5 Å². The van der Waals surface area contributed by atoms with Crippen molar-refractivity contribution in [3.8, 4) is 5.75 Å². The normalized spacial score (nSPS) is 10.1. The molecule has 4 heteroatoms. The molecular weight excluding hydrogens is 257 g/mol. The number of hydrogen-bond acceptors (Lipinski definition) is 2. The third-order valence-corrected chi connectivity index (χ3v) is 2.90. The lowest BCUT2D eigenvalue weighted by atomic mass is 10.2. The SMILES string of the molecule is CN(Cc1ccccc1F)C(=O)COc1ccccc1. The lowest BCUT2D eigenvalue weighted by molar-refractivity contribution is -0.132. The molecule has 0 unspecified atom stereocenters. The van der Waals surface area contributed by atoms with Crippen LogP contribution < -0.4 is 4.74 Å². The van der Waals surface area contributed by atoms with Crippen molar-refractivity contribution in [2.75, 3.05) is 13.7 Å². The Hall–Kier alpha value is -2.36. The van der Waals surface area contributed by atoms with Gasteiger partial charge in [0, 0.05) is 19.2 Å². The second-order valence-corrected chi connectivity index (χ2v) is 4.44. The molecule has 2 aromatic carbocycles. The fourth-order valence-electron chi connectivity index (χ4n) is 1.74. The van der Waals surface area contributed by atoms with Gasteiger partial charge < -0.3 is 9.64 Å². The van der Waals surface area contributed by atoms with Crippen molar-refractivity contribution in [3.63, 3.8) is 0 Å². The number of hydrogen-bond donors (Lipinski definition) is 0. The lowest BCUT2D eigenvalue weighted by Crippen LogP contribution is -2.31. The number of ether oxygens (including phenoxy) is 1. The summed E-state index contributed by atoms with van der Waals surface area (Å²) in [5.41, 5.74) is 0.489. The Morgan fingerprint density at radius 2 is 1.75 bits per heavy atom. The molecule has 0 atom stereocenters. The zero-order chi connectivity index (χ0) is 14.4. The van der Waals surface area contributed by atoms with E-state index in [4.69, 9.17) is 4.74 Å². The lowest BCUT2D eigenvalue weighted by Gasteiger charge is -2.17. The quantitative estimate of drug-likeness (QED) is 0.838. The highest BCUT2D eigenvalue weighted by atomic mass is 19.1. The standard InChI is InChI=1S/C16H16FNO2/c1-18(11-13-7-5-6-10-15(13)17)16(19)12-20-14-8-3-2-4-9-14/h2-10H,11-12H2,1H3. The van der Waals surface area contributed by atoms with Crippen molar-refractivity contribution in [2.45, 2.75) is 6.54 Å². The molecule has 2 aromatic rings. The van der Waals surface area contributed by atoms with Crippen molar-refractivity contribution < 1.29 is 13.9 Å². The van der Waals surface area contributed by atoms with Crippen molar-refractivity contribution >= 4 is 5.91 Å². The van der Waals surface area contributed by atoms with Gasteiger partial charge in [-0.2, -0.15) is 0 Å². The molecule has 0 aliphatic heterocycles.